The van der Waals surface area contributed by atoms with Crippen LogP contribution in [0.15, 0.2) is 48.5 Å². The summed E-state index contributed by atoms with van der Waals surface area (Å²) in [4.78, 5) is 15.1. The van der Waals surface area contributed by atoms with Gasteiger partial charge in [0.2, 0.25) is 6.79 Å². The first-order valence-corrected chi connectivity index (χ1v) is 8.47. The SMILES string of the molecule is CC(C1CC1)N(Cc1ccccc1)C(=O)c1ccc2c(c1)OCO2. The highest BCUT2D eigenvalue weighted by atomic mass is 16.7. The standard InChI is InChI=1S/C20H21NO3/c1-14(16-7-8-16)21(12-15-5-3-2-4-6-15)20(22)17-9-10-18-19(11-17)24-13-23-18/h2-6,9-11,14,16H,7-8,12-13H2,1H3. The van der Waals surface area contributed by atoms with Gasteiger partial charge in [-0.15, -0.1) is 0 Å². The van der Waals surface area contributed by atoms with Crippen molar-refractivity contribution in [2.24, 2.45) is 5.92 Å². The molecular formula is C20H21NO3. The summed E-state index contributed by atoms with van der Waals surface area (Å²) in [6.45, 7) is 3.01. The molecule has 2 aromatic rings. The van der Waals surface area contributed by atoms with Crippen LogP contribution < -0.4 is 9.47 Å². The molecule has 124 valence electrons. The first-order valence-electron chi connectivity index (χ1n) is 8.47. The van der Waals surface area contributed by atoms with Gasteiger partial charge in [0.15, 0.2) is 11.5 Å². The summed E-state index contributed by atoms with van der Waals surface area (Å²) in [6, 6.07) is 15.8. The quantitative estimate of drug-likeness (QED) is 0.839. The molecule has 0 N–H and O–H groups in total. The molecule has 1 aliphatic carbocycles. The highest BCUT2D eigenvalue weighted by Gasteiger charge is 2.35. The minimum Gasteiger partial charge on any atom is -0.454 e. The third-order valence-corrected chi connectivity index (χ3v) is 4.87. The first kappa shape index (κ1) is 15.1. The second kappa shape index (κ2) is 6.19. The van der Waals surface area contributed by atoms with E-state index in [9.17, 15) is 4.79 Å². The van der Waals surface area contributed by atoms with E-state index < -0.39 is 0 Å². The molecule has 0 radical (unpaired) electrons. The van der Waals surface area contributed by atoms with Crippen LogP contribution in [0.25, 0.3) is 0 Å². The van der Waals surface area contributed by atoms with E-state index in [1.165, 1.54) is 12.8 Å². The molecule has 1 aliphatic heterocycles. The second-order valence-electron chi connectivity index (χ2n) is 6.56. The number of carbonyl (C=O) groups is 1. The van der Waals surface area contributed by atoms with E-state index in [1.54, 1.807) is 6.07 Å². The lowest BCUT2D eigenvalue weighted by atomic mass is 10.1. The third kappa shape index (κ3) is 2.96. The van der Waals surface area contributed by atoms with E-state index in [0.29, 0.717) is 29.5 Å². The molecule has 0 saturated heterocycles. The van der Waals surface area contributed by atoms with Gasteiger partial charge < -0.3 is 14.4 Å². The van der Waals surface area contributed by atoms with E-state index in [-0.39, 0.29) is 18.7 Å². The van der Waals surface area contributed by atoms with Crippen LogP contribution in [0.1, 0.15) is 35.7 Å². The van der Waals surface area contributed by atoms with Crippen molar-refractivity contribution in [1.29, 1.82) is 0 Å². The molecule has 1 amide bonds. The zero-order chi connectivity index (χ0) is 16.5. The van der Waals surface area contributed by atoms with Crippen LogP contribution in [-0.4, -0.2) is 23.6 Å². The summed E-state index contributed by atoms with van der Waals surface area (Å²) in [5.74, 6) is 2.03. The fraction of sp³-hybridized carbons (Fsp3) is 0.350. The highest BCUT2D eigenvalue weighted by molar-refractivity contribution is 5.95. The number of rotatable bonds is 5. The van der Waals surface area contributed by atoms with Crippen molar-refractivity contribution in [3.05, 3.63) is 59.7 Å². The predicted molar refractivity (Wildman–Crippen MR) is 91.1 cm³/mol. The molecule has 2 aromatic carbocycles. The molecule has 1 atom stereocenters. The number of benzene rings is 2. The maximum atomic E-state index is 13.2. The van der Waals surface area contributed by atoms with Gasteiger partial charge in [0.05, 0.1) is 0 Å². The Morgan fingerprint density at radius 2 is 1.88 bits per heavy atom. The fourth-order valence-corrected chi connectivity index (χ4v) is 3.21. The van der Waals surface area contributed by atoms with E-state index in [4.69, 9.17) is 9.47 Å². The first-order chi connectivity index (χ1) is 11.7. The minimum atomic E-state index is 0.0524. The molecule has 0 spiro atoms. The normalized spacial score (nSPS) is 16.7. The Morgan fingerprint density at radius 3 is 2.62 bits per heavy atom. The summed E-state index contributed by atoms with van der Waals surface area (Å²) in [6.07, 6.45) is 2.42. The maximum Gasteiger partial charge on any atom is 0.254 e. The van der Waals surface area contributed by atoms with Crippen LogP contribution in [0.5, 0.6) is 11.5 Å². The Morgan fingerprint density at radius 1 is 1.12 bits per heavy atom. The molecule has 24 heavy (non-hydrogen) atoms. The molecule has 1 fully saturated rings. The van der Waals surface area contributed by atoms with Crippen molar-refractivity contribution < 1.29 is 14.3 Å². The van der Waals surface area contributed by atoms with Gasteiger partial charge in [0, 0.05) is 18.2 Å². The smallest absolute Gasteiger partial charge is 0.254 e. The Hall–Kier alpha value is -2.49. The molecule has 1 unspecified atom stereocenters. The number of amides is 1. The molecule has 1 heterocycles. The van der Waals surface area contributed by atoms with Gasteiger partial charge in [-0.25, -0.2) is 0 Å². The van der Waals surface area contributed by atoms with E-state index in [2.05, 4.69) is 19.1 Å². The predicted octanol–water partition coefficient (Wildman–Crippen LogP) is 3.86. The van der Waals surface area contributed by atoms with Crippen molar-refractivity contribution in [1.82, 2.24) is 4.90 Å². The summed E-state index contributed by atoms with van der Waals surface area (Å²) in [5, 5.41) is 0. The van der Waals surface area contributed by atoms with Crippen molar-refractivity contribution >= 4 is 5.91 Å². The molecule has 4 nitrogen and oxygen atoms in total. The van der Waals surface area contributed by atoms with Crippen molar-refractivity contribution in [3.63, 3.8) is 0 Å². The van der Waals surface area contributed by atoms with Gasteiger partial charge >= 0.3 is 0 Å². The van der Waals surface area contributed by atoms with E-state index in [1.807, 2.05) is 35.2 Å². The monoisotopic (exact) mass is 323 g/mol. The molecule has 4 heteroatoms. The molecule has 4 rings (SSSR count). The number of carbonyl (C=O) groups excluding carboxylic acids is 1. The highest BCUT2D eigenvalue weighted by Crippen LogP contribution is 2.37. The van der Waals surface area contributed by atoms with E-state index >= 15 is 0 Å². The van der Waals surface area contributed by atoms with Crippen LogP contribution in [-0.2, 0) is 6.54 Å². The van der Waals surface area contributed by atoms with Gasteiger partial charge in [-0.05, 0) is 49.4 Å². The molecule has 0 aromatic heterocycles. The molecule has 0 bridgehead atoms. The van der Waals surface area contributed by atoms with Gasteiger partial charge in [0.1, 0.15) is 0 Å². The van der Waals surface area contributed by atoms with Crippen LogP contribution in [0.2, 0.25) is 0 Å². The summed E-state index contributed by atoms with van der Waals surface area (Å²) in [7, 11) is 0. The van der Waals surface area contributed by atoms with Crippen LogP contribution in [0, 0.1) is 5.92 Å². The summed E-state index contributed by atoms with van der Waals surface area (Å²) >= 11 is 0. The topological polar surface area (TPSA) is 38.8 Å². The van der Waals surface area contributed by atoms with Gasteiger partial charge in [-0.1, -0.05) is 30.3 Å². The minimum absolute atomic E-state index is 0.0524. The molecule has 2 aliphatic rings. The average molecular weight is 323 g/mol. The Balaban J connectivity index is 1.61. The number of fused-ring (bicyclic) bond motifs is 1. The number of hydrogen-bond donors (Lipinski definition) is 0. The van der Waals surface area contributed by atoms with Gasteiger partial charge in [-0.2, -0.15) is 0 Å². The van der Waals surface area contributed by atoms with E-state index in [0.717, 1.165) is 5.56 Å². The lowest BCUT2D eigenvalue weighted by molar-refractivity contribution is 0.0654. The Labute approximate surface area is 142 Å². The average Bonchev–Trinajstić information content (AvgIpc) is 3.36. The lowest BCUT2D eigenvalue weighted by Gasteiger charge is -2.30. The zero-order valence-corrected chi connectivity index (χ0v) is 13.8. The van der Waals surface area contributed by atoms with Gasteiger partial charge in [-0.3, -0.25) is 4.79 Å². The number of hydrogen-bond acceptors (Lipinski definition) is 3. The molecular weight excluding hydrogens is 302 g/mol. The maximum absolute atomic E-state index is 13.2. The summed E-state index contributed by atoms with van der Waals surface area (Å²) in [5.41, 5.74) is 1.81. The van der Waals surface area contributed by atoms with Crippen LogP contribution in [0.4, 0.5) is 0 Å². The number of nitrogens with zero attached hydrogens (tertiary/aromatic N) is 1. The van der Waals surface area contributed by atoms with Crippen molar-refractivity contribution in [3.8, 4) is 11.5 Å². The lowest BCUT2D eigenvalue weighted by Crippen LogP contribution is -2.39. The number of ether oxygens (including phenoxy) is 2. The largest absolute Gasteiger partial charge is 0.454 e. The van der Waals surface area contributed by atoms with Gasteiger partial charge in [0.25, 0.3) is 5.91 Å². The zero-order valence-electron chi connectivity index (χ0n) is 13.8. The Kier molecular flexibility index (Phi) is 3.89. The second-order valence-corrected chi connectivity index (χ2v) is 6.56. The van der Waals surface area contributed by atoms with Crippen LogP contribution in [0.3, 0.4) is 0 Å². The van der Waals surface area contributed by atoms with Crippen molar-refractivity contribution in [2.45, 2.75) is 32.4 Å². The Bertz CT molecular complexity index is 740. The fourth-order valence-electron chi connectivity index (χ4n) is 3.21. The summed E-state index contributed by atoms with van der Waals surface area (Å²) < 4.78 is 10.8. The molecule has 1 saturated carbocycles. The van der Waals surface area contributed by atoms with Crippen molar-refractivity contribution in [2.75, 3.05) is 6.79 Å². The third-order valence-electron chi connectivity index (χ3n) is 4.87. The van der Waals surface area contributed by atoms with Crippen LogP contribution >= 0.6 is 0 Å².